The second kappa shape index (κ2) is 9.47. The third-order valence-electron chi connectivity index (χ3n) is 5.35. The van der Waals surface area contributed by atoms with Crippen LogP contribution in [-0.2, 0) is 30.9 Å². The number of carbonyl (C=O) groups excluding carboxylic acids is 2. The van der Waals surface area contributed by atoms with Crippen LogP contribution < -0.4 is 0 Å². The Bertz CT molecular complexity index is 1050. The lowest BCUT2D eigenvalue weighted by Gasteiger charge is -2.23. The average molecular weight is 467 g/mol. The van der Waals surface area contributed by atoms with Gasteiger partial charge in [-0.25, -0.2) is 8.42 Å². The zero-order valence-electron chi connectivity index (χ0n) is 17.6. The molecule has 0 spiro atoms. The number of rotatable bonds is 7. The van der Waals surface area contributed by atoms with Crippen molar-refractivity contribution in [1.29, 1.82) is 0 Å². The molecule has 8 nitrogen and oxygen atoms in total. The van der Waals surface area contributed by atoms with Gasteiger partial charge in [0.1, 0.15) is 6.04 Å². The van der Waals surface area contributed by atoms with E-state index < -0.39 is 40.7 Å². The number of likely N-dealkylation sites (N-methyl/N-ethyl adjacent to an activating group) is 1. The summed E-state index contributed by atoms with van der Waals surface area (Å²) < 4.78 is 32.3. The molecule has 3 rings (SSSR count). The molecule has 0 radical (unpaired) electrons. The number of hydrogen-bond donors (Lipinski definition) is 1. The third kappa shape index (κ3) is 5.32. The number of sulfonamides is 1. The minimum absolute atomic E-state index is 0.0501. The Balaban J connectivity index is 1.67. The monoisotopic (exact) mass is 466 g/mol. The first kappa shape index (κ1) is 23.4. The fraction of sp³-hybridized carbons (Fsp3) is 0.429. The van der Waals surface area contributed by atoms with Gasteiger partial charge in [-0.1, -0.05) is 6.07 Å². The number of aliphatic hydroxyl groups excluding tert-OH is 1. The van der Waals surface area contributed by atoms with E-state index >= 15 is 0 Å². The van der Waals surface area contributed by atoms with E-state index in [1.54, 1.807) is 26.1 Å². The van der Waals surface area contributed by atoms with Crippen LogP contribution in [0.3, 0.4) is 0 Å². The number of thiophene rings is 1. The third-order valence-corrected chi connectivity index (χ3v) is 7.96. The first-order valence-corrected chi connectivity index (χ1v) is 12.2. The number of benzene rings is 1. The molecule has 0 saturated carbocycles. The lowest BCUT2D eigenvalue weighted by molar-refractivity contribution is -0.154. The summed E-state index contributed by atoms with van der Waals surface area (Å²) >= 11 is 1.52. The Labute approximate surface area is 186 Å². The molecule has 1 amide bonds. The quantitative estimate of drug-likeness (QED) is 0.623. The molecule has 168 valence electrons. The van der Waals surface area contributed by atoms with Crippen LogP contribution in [-0.4, -0.2) is 67.0 Å². The lowest BCUT2D eigenvalue weighted by atomic mass is 10.1. The lowest BCUT2D eigenvalue weighted by Crippen LogP contribution is -2.42. The number of carbonyl (C=O) groups is 2. The fourth-order valence-electron chi connectivity index (χ4n) is 3.36. The van der Waals surface area contributed by atoms with E-state index in [9.17, 15) is 23.1 Å². The molecule has 0 aliphatic carbocycles. The maximum atomic E-state index is 13.1. The van der Waals surface area contributed by atoms with Gasteiger partial charge in [0.25, 0.3) is 5.91 Å². The van der Waals surface area contributed by atoms with Gasteiger partial charge in [0, 0.05) is 26.6 Å². The Morgan fingerprint density at radius 1 is 1.26 bits per heavy atom. The normalized spacial score (nSPS) is 19.4. The summed E-state index contributed by atoms with van der Waals surface area (Å²) in [5, 5.41) is 13.9. The van der Waals surface area contributed by atoms with Crippen LogP contribution in [0.5, 0.6) is 0 Å². The summed E-state index contributed by atoms with van der Waals surface area (Å²) in [5.41, 5.74) is 2.72. The molecule has 1 aromatic carbocycles. The molecule has 1 aromatic heterocycles. The maximum Gasteiger partial charge on any atom is 0.325 e. The molecule has 0 bridgehead atoms. The molecule has 1 saturated heterocycles. The van der Waals surface area contributed by atoms with Gasteiger partial charge in [-0.2, -0.15) is 15.6 Å². The number of β-amino-alcohol motifs (C(OH)–C–C–N with tert-alkyl or cyclic N) is 1. The van der Waals surface area contributed by atoms with E-state index in [1.807, 2.05) is 23.8 Å². The summed E-state index contributed by atoms with van der Waals surface area (Å²) in [5.74, 6) is -1.25. The van der Waals surface area contributed by atoms with E-state index in [0.29, 0.717) is 6.54 Å². The number of ether oxygens (including phenoxy) is 1. The van der Waals surface area contributed by atoms with E-state index in [-0.39, 0.29) is 17.9 Å². The Morgan fingerprint density at radius 3 is 2.65 bits per heavy atom. The summed E-state index contributed by atoms with van der Waals surface area (Å²) in [4.78, 5) is 26.4. The zero-order valence-corrected chi connectivity index (χ0v) is 19.3. The second-order valence-corrected chi connectivity index (χ2v) is 10.4. The van der Waals surface area contributed by atoms with Gasteiger partial charge in [0.2, 0.25) is 10.0 Å². The molecule has 10 heteroatoms. The Hall–Kier alpha value is -2.27. The van der Waals surface area contributed by atoms with Crippen LogP contribution in [0.25, 0.3) is 0 Å². The first-order valence-electron chi connectivity index (χ1n) is 9.78. The van der Waals surface area contributed by atoms with E-state index in [0.717, 1.165) is 21.0 Å². The highest BCUT2D eigenvalue weighted by molar-refractivity contribution is 7.89. The molecular weight excluding hydrogens is 440 g/mol. The predicted octanol–water partition coefficient (Wildman–Crippen LogP) is 1.69. The van der Waals surface area contributed by atoms with Gasteiger partial charge >= 0.3 is 5.97 Å². The highest BCUT2D eigenvalue weighted by Crippen LogP contribution is 2.28. The van der Waals surface area contributed by atoms with Crippen molar-refractivity contribution in [2.75, 3.05) is 20.2 Å². The van der Waals surface area contributed by atoms with Gasteiger partial charge in [-0.3, -0.25) is 9.59 Å². The molecular formula is C21H26N2O6S2. The SMILES string of the molecule is Cc1ccc(S(=O)(=O)N2C[C@H](O)C[C@H]2C(=O)OCC(=O)N(C)Cc2ccsc2)cc1C. The topological polar surface area (TPSA) is 104 Å². The molecule has 2 aromatic rings. The van der Waals surface area contributed by atoms with Crippen molar-refractivity contribution in [2.24, 2.45) is 0 Å². The summed E-state index contributed by atoms with van der Waals surface area (Å²) in [6.45, 7) is 3.36. The minimum Gasteiger partial charge on any atom is -0.454 e. The highest BCUT2D eigenvalue weighted by atomic mass is 32.2. The van der Waals surface area contributed by atoms with Crippen molar-refractivity contribution in [3.8, 4) is 0 Å². The molecule has 2 atom stereocenters. The standard InChI is InChI=1S/C21H26N2O6S2/c1-14-4-5-18(8-15(14)2)31(27,28)23-11-17(24)9-19(23)21(26)29-12-20(25)22(3)10-16-6-7-30-13-16/h4-8,13,17,19,24H,9-12H2,1-3H3/t17-,19+/m1/s1. The molecule has 0 unspecified atom stereocenters. The summed E-state index contributed by atoms with van der Waals surface area (Å²) in [6, 6.07) is 5.44. The number of hydrogen-bond acceptors (Lipinski definition) is 7. The Morgan fingerprint density at radius 2 is 2.00 bits per heavy atom. The van der Waals surface area contributed by atoms with Gasteiger partial charge in [-0.05, 0) is 59.5 Å². The smallest absolute Gasteiger partial charge is 0.325 e. The summed E-state index contributed by atoms with van der Waals surface area (Å²) in [7, 11) is -2.42. The van der Waals surface area contributed by atoms with Gasteiger partial charge in [-0.15, -0.1) is 0 Å². The molecule has 2 heterocycles. The number of esters is 1. The van der Waals surface area contributed by atoms with Crippen molar-refractivity contribution >= 4 is 33.2 Å². The molecule has 1 fully saturated rings. The molecule has 1 aliphatic heterocycles. The van der Waals surface area contributed by atoms with Crippen LogP contribution in [0, 0.1) is 13.8 Å². The number of aliphatic hydroxyl groups is 1. The minimum atomic E-state index is -4.02. The largest absolute Gasteiger partial charge is 0.454 e. The first-order chi connectivity index (χ1) is 14.6. The highest BCUT2D eigenvalue weighted by Gasteiger charge is 2.44. The second-order valence-electron chi connectivity index (χ2n) is 7.72. The van der Waals surface area contributed by atoms with Crippen molar-refractivity contribution in [2.45, 2.75) is 43.9 Å². The molecule has 31 heavy (non-hydrogen) atoms. The molecule has 1 N–H and O–H groups in total. The summed E-state index contributed by atoms with van der Waals surface area (Å²) in [6.07, 6.45) is -1.07. The van der Waals surface area contributed by atoms with E-state index in [2.05, 4.69) is 0 Å². The zero-order chi connectivity index (χ0) is 22.8. The predicted molar refractivity (Wildman–Crippen MR) is 116 cm³/mol. The van der Waals surface area contributed by atoms with Crippen LogP contribution in [0.1, 0.15) is 23.1 Å². The van der Waals surface area contributed by atoms with E-state index in [4.69, 9.17) is 4.74 Å². The van der Waals surface area contributed by atoms with Crippen LogP contribution in [0.4, 0.5) is 0 Å². The fourth-order valence-corrected chi connectivity index (χ4v) is 5.73. The molecule has 1 aliphatic rings. The van der Waals surface area contributed by atoms with Gasteiger partial charge < -0.3 is 14.7 Å². The number of nitrogens with zero attached hydrogens (tertiary/aromatic N) is 2. The van der Waals surface area contributed by atoms with Crippen LogP contribution in [0.2, 0.25) is 0 Å². The van der Waals surface area contributed by atoms with Gasteiger partial charge in [0.15, 0.2) is 6.61 Å². The average Bonchev–Trinajstić information content (AvgIpc) is 3.37. The maximum absolute atomic E-state index is 13.1. The van der Waals surface area contributed by atoms with Crippen molar-refractivity contribution in [3.05, 3.63) is 51.7 Å². The van der Waals surface area contributed by atoms with E-state index in [1.165, 1.54) is 22.3 Å². The van der Waals surface area contributed by atoms with Crippen molar-refractivity contribution < 1.29 is 27.9 Å². The van der Waals surface area contributed by atoms with Crippen LogP contribution in [0.15, 0.2) is 39.9 Å². The van der Waals surface area contributed by atoms with Crippen molar-refractivity contribution in [1.82, 2.24) is 9.21 Å². The van der Waals surface area contributed by atoms with Gasteiger partial charge in [0.05, 0.1) is 11.0 Å². The number of amides is 1. The number of aryl methyl sites for hydroxylation is 2. The van der Waals surface area contributed by atoms with Crippen LogP contribution >= 0.6 is 11.3 Å². The van der Waals surface area contributed by atoms with Crippen molar-refractivity contribution in [3.63, 3.8) is 0 Å². The Kier molecular flexibility index (Phi) is 7.15.